The third kappa shape index (κ3) is 1.01. The van der Waals surface area contributed by atoms with Crippen LogP contribution in [-0.4, -0.2) is 10.7 Å². The first-order chi connectivity index (χ1) is 4.93. The van der Waals surface area contributed by atoms with Crippen LogP contribution >= 0.6 is 0 Å². The van der Waals surface area contributed by atoms with Crippen molar-refractivity contribution in [2.75, 3.05) is 0 Å². The molecule has 0 aromatic heterocycles. The van der Waals surface area contributed by atoms with Crippen LogP contribution < -0.4 is 0 Å². The average Bonchev–Trinajstić information content (AvgIpc) is 2.32. The normalized spacial score (nSPS) is 53.5. The standard InChI is InChI=1S/C10H18O/c1-9(2)7-4-5-10(3,11)6-8(7)9/h7-8,11H,4-6H2,1-3H3/t7-,8+,10?/m1/s1. The molecule has 1 nitrogen and oxygen atoms in total. The summed E-state index contributed by atoms with van der Waals surface area (Å²) in [5, 5.41) is 9.80. The lowest BCUT2D eigenvalue weighted by molar-refractivity contribution is 0.0179. The molecular weight excluding hydrogens is 136 g/mol. The molecule has 0 heterocycles. The molecule has 11 heavy (non-hydrogen) atoms. The molecule has 1 N–H and O–H groups in total. The predicted molar refractivity (Wildman–Crippen MR) is 45.2 cm³/mol. The summed E-state index contributed by atoms with van der Waals surface area (Å²) >= 11 is 0. The van der Waals surface area contributed by atoms with Crippen LogP contribution in [0, 0.1) is 17.3 Å². The summed E-state index contributed by atoms with van der Waals surface area (Å²) in [5.74, 6) is 1.73. The second-order valence-corrected chi connectivity index (χ2v) is 5.27. The van der Waals surface area contributed by atoms with E-state index in [4.69, 9.17) is 0 Å². The fourth-order valence-electron chi connectivity index (χ4n) is 2.88. The van der Waals surface area contributed by atoms with Crippen LogP contribution in [0.5, 0.6) is 0 Å². The molecule has 1 heteroatoms. The van der Waals surface area contributed by atoms with E-state index in [2.05, 4.69) is 13.8 Å². The van der Waals surface area contributed by atoms with E-state index in [1.54, 1.807) is 0 Å². The van der Waals surface area contributed by atoms with E-state index in [9.17, 15) is 5.11 Å². The van der Waals surface area contributed by atoms with E-state index < -0.39 is 0 Å². The lowest BCUT2D eigenvalue weighted by Crippen LogP contribution is -2.28. The van der Waals surface area contributed by atoms with E-state index in [1.807, 2.05) is 6.92 Å². The number of hydrogen-bond acceptors (Lipinski definition) is 1. The summed E-state index contributed by atoms with van der Waals surface area (Å²) in [6, 6.07) is 0. The summed E-state index contributed by atoms with van der Waals surface area (Å²) < 4.78 is 0. The fourth-order valence-corrected chi connectivity index (χ4v) is 2.88. The Morgan fingerprint density at radius 2 is 1.82 bits per heavy atom. The Balaban J connectivity index is 2.08. The summed E-state index contributed by atoms with van der Waals surface area (Å²) in [6.07, 6.45) is 3.28. The van der Waals surface area contributed by atoms with Crippen molar-refractivity contribution in [3.05, 3.63) is 0 Å². The van der Waals surface area contributed by atoms with E-state index in [-0.39, 0.29) is 5.60 Å². The zero-order valence-corrected chi connectivity index (χ0v) is 7.72. The van der Waals surface area contributed by atoms with Crippen molar-refractivity contribution >= 4 is 0 Å². The largest absolute Gasteiger partial charge is 0.390 e. The molecule has 1 unspecified atom stereocenters. The highest BCUT2D eigenvalue weighted by atomic mass is 16.3. The van der Waals surface area contributed by atoms with Gasteiger partial charge in [-0.2, -0.15) is 0 Å². The molecule has 2 saturated carbocycles. The Morgan fingerprint density at radius 3 is 2.27 bits per heavy atom. The molecule has 0 radical (unpaired) electrons. The first-order valence-electron chi connectivity index (χ1n) is 4.66. The highest BCUT2D eigenvalue weighted by Gasteiger charge is 2.60. The van der Waals surface area contributed by atoms with Crippen LogP contribution in [-0.2, 0) is 0 Å². The van der Waals surface area contributed by atoms with Gasteiger partial charge in [-0.05, 0) is 43.4 Å². The van der Waals surface area contributed by atoms with Gasteiger partial charge in [0.05, 0.1) is 5.60 Å². The van der Waals surface area contributed by atoms with Gasteiger partial charge < -0.3 is 5.11 Å². The van der Waals surface area contributed by atoms with Crippen molar-refractivity contribution in [1.29, 1.82) is 0 Å². The van der Waals surface area contributed by atoms with E-state index >= 15 is 0 Å². The molecule has 0 amide bonds. The summed E-state index contributed by atoms with van der Waals surface area (Å²) in [6.45, 7) is 6.66. The third-order valence-electron chi connectivity index (χ3n) is 3.94. The maximum atomic E-state index is 9.80. The van der Waals surface area contributed by atoms with Crippen molar-refractivity contribution in [1.82, 2.24) is 0 Å². The molecule has 2 fully saturated rings. The third-order valence-corrected chi connectivity index (χ3v) is 3.94. The second kappa shape index (κ2) is 1.82. The molecule has 0 spiro atoms. The molecular formula is C10H18O. The van der Waals surface area contributed by atoms with Gasteiger partial charge in [0.15, 0.2) is 0 Å². The maximum absolute atomic E-state index is 9.80. The van der Waals surface area contributed by atoms with Gasteiger partial charge >= 0.3 is 0 Å². The molecule has 0 aliphatic heterocycles. The molecule has 2 aliphatic rings. The highest BCUT2D eigenvalue weighted by Crippen LogP contribution is 2.66. The first kappa shape index (κ1) is 7.60. The van der Waals surface area contributed by atoms with Gasteiger partial charge in [-0.1, -0.05) is 13.8 Å². The zero-order chi connectivity index (χ0) is 8.28. The molecule has 64 valence electrons. The van der Waals surface area contributed by atoms with Crippen LogP contribution in [0.25, 0.3) is 0 Å². The summed E-state index contributed by atoms with van der Waals surface area (Å²) in [7, 11) is 0. The number of fused-ring (bicyclic) bond motifs is 1. The predicted octanol–water partition coefficient (Wildman–Crippen LogP) is 2.19. The van der Waals surface area contributed by atoms with Crippen LogP contribution in [0.1, 0.15) is 40.0 Å². The lowest BCUT2D eigenvalue weighted by Gasteiger charge is -2.26. The van der Waals surface area contributed by atoms with Gasteiger partial charge in [-0.3, -0.25) is 0 Å². The summed E-state index contributed by atoms with van der Waals surface area (Å²) in [5.41, 5.74) is 0.190. The SMILES string of the molecule is CC1(O)CC[C@@H]2[C@H](C1)C2(C)C. The Bertz CT molecular complexity index is 179. The zero-order valence-electron chi connectivity index (χ0n) is 7.72. The minimum absolute atomic E-state index is 0.352. The smallest absolute Gasteiger partial charge is 0.0622 e. The van der Waals surface area contributed by atoms with Crippen LogP contribution in [0.2, 0.25) is 0 Å². The first-order valence-corrected chi connectivity index (χ1v) is 4.66. The topological polar surface area (TPSA) is 20.2 Å². The molecule has 0 saturated heterocycles. The van der Waals surface area contributed by atoms with E-state index in [0.29, 0.717) is 5.41 Å². The van der Waals surface area contributed by atoms with E-state index in [1.165, 1.54) is 6.42 Å². The Morgan fingerprint density at radius 1 is 1.18 bits per heavy atom. The van der Waals surface area contributed by atoms with Crippen molar-refractivity contribution in [3.8, 4) is 0 Å². The lowest BCUT2D eigenvalue weighted by atomic mass is 9.87. The average molecular weight is 154 g/mol. The quantitative estimate of drug-likeness (QED) is 0.567. The number of hydrogen-bond donors (Lipinski definition) is 1. The molecule has 0 bridgehead atoms. The van der Waals surface area contributed by atoms with Crippen molar-refractivity contribution in [2.24, 2.45) is 17.3 Å². The van der Waals surface area contributed by atoms with Crippen molar-refractivity contribution in [3.63, 3.8) is 0 Å². The minimum atomic E-state index is -0.352. The minimum Gasteiger partial charge on any atom is -0.390 e. The van der Waals surface area contributed by atoms with Crippen molar-refractivity contribution in [2.45, 2.75) is 45.6 Å². The van der Waals surface area contributed by atoms with Gasteiger partial charge in [-0.15, -0.1) is 0 Å². The van der Waals surface area contributed by atoms with Gasteiger partial charge in [0.1, 0.15) is 0 Å². The second-order valence-electron chi connectivity index (χ2n) is 5.27. The molecule has 3 atom stereocenters. The van der Waals surface area contributed by atoms with Crippen LogP contribution in [0.4, 0.5) is 0 Å². The fraction of sp³-hybridized carbons (Fsp3) is 1.00. The van der Waals surface area contributed by atoms with Crippen LogP contribution in [0.15, 0.2) is 0 Å². The number of rotatable bonds is 0. The molecule has 2 rings (SSSR count). The van der Waals surface area contributed by atoms with Gasteiger partial charge in [-0.25, -0.2) is 0 Å². The number of aliphatic hydroxyl groups is 1. The molecule has 2 aliphatic carbocycles. The van der Waals surface area contributed by atoms with Crippen LogP contribution in [0.3, 0.4) is 0 Å². The Labute approximate surface area is 68.8 Å². The van der Waals surface area contributed by atoms with Gasteiger partial charge in [0.25, 0.3) is 0 Å². The van der Waals surface area contributed by atoms with Gasteiger partial charge in [0.2, 0.25) is 0 Å². The summed E-state index contributed by atoms with van der Waals surface area (Å²) in [4.78, 5) is 0. The molecule has 0 aromatic rings. The highest BCUT2D eigenvalue weighted by molar-refractivity contribution is 5.10. The van der Waals surface area contributed by atoms with Gasteiger partial charge in [0, 0.05) is 0 Å². The van der Waals surface area contributed by atoms with E-state index in [0.717, 1.165) is 24.7 Å². The molecule has 0 aromatic carbocycles. The Hall–Kier alpha value is -0.0400. The van der Waals surface area contributed by atoms with Crippen molar-refractivity contribution < 1.29 is 5.11 Å². The Kier molecular flexibility index (Phi) is 1.26. The maximum Gasteiger partial charge on any atom is 0.0622 e. The monoisotopic (exact) mass is 154 g/mol.